The quantitative estimate of drug-likeness (QED) is 0.674. The summed E-state index contributed by atoms with van der Waals surface area (Å²) in [6, 6.07) is 0.222. The van der Waals surface area contributed by atoms with Crippen LogP contribution < -0.4 is 10.0 Å². The van der Waals surface area contributed by atoms with Gasteiger partial charge in [-0.1, -0.05) is 0 Å². The number of amides is 1. The molecule has 8 heteroatoms. The van der Waals surface area contributed by atoms with Gasteiger partial charge in [0, 0.05) is 25.7 Å². The van der Waals surface area contributed by atoms with Crippen molar-refractivity contribution in [3.8, 4) is 0 Å². The number of nitrogens with zero attached hydrogens (tertiary/aromatic N) is 1. The fraction of sp³-hybridized carbons (Fsp3) is 0.875. The zero-order valence-corrected chi connectivity index (χ0v) is 11.0. The van der Waals surface area contributed by atoms with E-state index in [1.54, 1.807) is 4.90 Å². The van der Waals surface area contributed by atoms with Gasteiger partial charge in [-0.3, -0.25) is 4.79 Å². The lowest BCUT2D eigenvalue weighted by molar-refractivity contribution is -0.129. The van der Waals surface area contributed by atoms with E-state index in [1.807, 2.05) is 6.92 Å². The smallest absolute Gasteiger partial charge is 0.239 e. The van der Waals surface area contributed by atoms with Crippen LogP contribution in [0.25, 0.3) is 0 Å². The van der Waals surface area contributed by atoms with Crippen molar-refractivity contribution in [3.05, 3.63) is 0 Å². The molecule has 0 saturated carbocycles. The Morgan fingerprint density at radius 3 is 2.69 bits per heavy atom. The van der Waals surface area contributed by atoms with E-state index in [4.69, 9.17) is 0 Å². The average Bonchev–Trinajstić information content (AvgIpc) is 2.17. The summed E-state index contributed by atoms with van der Waals surface area (Å²) in [4.78, 5) is 13.2. The van der Waals surface area contributed by atoms with Gasteiger partial charge in [0.15, 0.2) is 0 Å². The minimum atomic E-state index is -3.45. The number of hydrogen-bond acceptors (Lipinski definition) is 4. The molecule has 1 heterocycles. The Kier molecular flexibility index (Phi) is 6.24. The van der Waals surface area contributed by atoms with Gasteiger partial charge in [0.1, 0.15) is 5.75 Å². The number of sulfonamides is 1. The predicted molar refractivity (Wildman–Crippen MR) is 64.1 cm³/mol. The summed E-state index contributed by atoms with van der Waals surface area (Å²) in [6.45, 7) is 3.82. The Morgan fingerprint density at radius 1 is 1.56 bits per heavy atom. The van der Waals surface area contributed by atoms with Crippen LogP contribution in [0.3, 0.4) is 0 Å². The Morgan fingerprint density at radius 2 is 2.19 bits per heavy atom. The maximum Gasteiger partial charge on any atom is 0.239 e. The third-order valence-corrected chi connectivity index (χ3v) is 3.59. The maximum absolute atomic E-state index is 11.6. The molecule has 1 atom stereocenters. The van der Waals surface area contributed by atoms with Crippen molar-refractivity contribution in [1.29, 1.82) is 0 Å². The van der Waals surface area contributed by atoms with Crippen molar-refractivity contribution >= 4 is 28.3 Å². The average molecular weight is 272 g/mol. The Labute approximate surface area is 102 Å². The van der Waals surface area contributed by atoms with Crippen molar-refractivity contribution in [2.75, 3.05) is 32.4 Å². The molecule has 1 aliphatic heterocycles. The summed E-state index contributed by atoms with van der Waals surface area (Å²) in [5, 5.41) is 3.18. The van der Waals surface area contributed by atoms with Gasteiger partial charge in [0.2, 0.25) is 15.9 Å². The van der Waals surface area contributed by atoms with Gasteiger partial charge in [0.05, 0.1) is 0 Å². The van der Waals surface area contributed by atoms with Gasteiger partial charge in [-0.25, -0.2) is 13.1 Å². The molecule has 0 aromatic rings. The second-order valence-corrected chi connectivity index (χ2v) is 5.58. The standard InChI is InChI=1S/C8H17N3O3S.ClH/c1-7-5-11(4-3-10-7)8(12)6-15(13,14)9-2;/h7,9-10H,3-6H2,1-2H3;1H/t7-;/m1./s1. The SMILES string of the molecule is CNS(=O)(=O)CC(=O)N1CCN[C@H](C)C1.Cl. The van der Waals surface area contributed by atoms with Gasteiger partial charge in [-0.2, -0.15) is 0 Å². The van der Waals surface area contributed by atoms with E-state index in [1.165, 1.54) is 7.05 Å². The number of halogens is 1. The fourth-order valence-electron chi connectivity index (χ4n) is 1.48. The zero-order valence-electron chi connectivity index (χ0n) is 9.39. The first-order chi connectivity index (χ1) is 6.94. The molecule has 0 aromatic heterocycles. The molecular weight excluding hydrogens is 254 g/mol. The molecule has 1 amide bonds. The summed E-state index contributed by atoms with van der Waals surface area (Å²) in [6.07, 6.45) is 0. The lowest BCUT2D eigenvalue weighted by Gasteiger charge is -2.31. The molecule has 1 saturated heterocycles. The van der Waals surface area contributed by atoms with E-state index in [9.17, 15) is 13.2 Å². The highest BCUT2D eigenvalue weighted by Crippen LogP contribution is 2.00. The number of piperazine rings is 1. The summed E-state index contributed by atoms with van der Waals surface area (Å²) >= 11 is 0. The summed E-state index contributed by atoms with van der Waals surface area (Å²) in [5.41, 5.74) is 0. The van der Waals surface area contributed by atoms with Gasteiger partial charge in [-0.15, -0.1) is 12.4 Å². The molecule has 0 aliphatic carbocycles. The van der Waals surface area contributed by atoms with Crippen molar-refractivity contribution in [1.82, 2.24) is 14.9 Å². The van der Waals surface area contributed by atoms with E-state index < -0.39 is 15.8 Å². The van der Waals surface area contributed by atoms with Crippen LogP contribution >= 0.6 is 12.4 Å². The van der Waals surface area contributed by atoms with Crippen LogP contribution in [-0.2, 0) is 14.8 Å². The van der Waals surface area contributed by atoms with Crippen LogP contribution in [0.4, 0.5) is 0 Å². The normalized spacial score (nSPS) is 21.4. The van der Waals surface area contributed by atoms with E-state index >= 15 is 0 Å². The Bertz CT molecular complexity index is 333. The van der Waals surface area contributed by atoms with Crippen molar-refractivity contribution in [3.63, 3.8) is 0 Å². The molecule has 0 aromatic carbocycles. The molecule has 2 N–H and O–H groups in total. The highest BCUT2D eigenvalue weighted by Gasteiger charge is 2.24. The highest BCUT2D eigenvalue weighted by molar-refractivity contribution is 7.90. The highest BCUT2D eigenvalue weighted by atomic mass is 35.5. The van der Waals surface area contributed by atoms with Crippen LogP contribution in [0, 0.1) is 0 Å². The second kappa shape index (κ2) is 6.39. The number of hydrogen-bond donors (Lipinski definition) is 2. The van der Waals surface area contributed by atoms with E-state index in [-0.39, 0.29) is 24.4 Å². The van der Waals surface area contributed by atoms with Crippen LogP contribution in [0.1, 0.15) is 6.92 Å². The Hall–Kier alpha value is -0.370. The van der Waals surface area contributed by atoms with Gasteiger partial charge in [0.25, 0.3) is 0 Å². The lowest BCUT2D eigenvalue weighted by Crippen LogP contribution is -2.53. The monoisotopic (exact) mass is 271 g/mol. The molecule has 1 aliphatic rings. The Balaban J connectivity index is 0.00000225. The number of carbonyl (C=O) groups excluding carboxylic acids is 1. The van der Waals surface area contributed by atoms with Crippen LogP contribution in [0.2, 0.25) is 0 Å². The molecule has 0 radical (unpaired) electrons. The van der Waals surface area contributed by atoms with Gasteiger partial charge < -0.3 is 10.2 Å². The third-order valence-electron chi connectivity index (χ3n) is 2.35. The topological polar surface area (TPSA) is 78.5 Å². The summed E-state index contributed by atoms with van der Waals surface area (Å²) < 4.78 is 24.5. The second-order valence-electron chi connectivity index (χ2n) is 3.66. The van der Waals surface area contributed by atoms with E-state index in [0.29, 0.717) is 19.6 Å². The first-order valence-corrected chi connectivity index (χ1v) is 6.52. The number of rotatable bonds is 3. The van der Waals surface area contributed by atoms with E-state index in [0.717, 1.165) is 0 Å². The first-order valence-electron chi connectivity index (χ1n) is 4.87. The van der Waals surface area contributed by atoms with Crippen LogP contribution in [0.15, 0.2) is 0 Å². The van der Waals surface area contributed by atoms with E-state index in [2.05, 4.69) is 10.0 Å². The molecule has 0 bridgehead atoms. The first kappa shape index (κ1) is 15.6. The number of carbonyl (C=O) groups is 1. The van der Waals surface area contributed by atoms with Gasteiger partial charge in [-0.05, 0) is 14.0 Å². The minimum Gasteiger partial charge on any atom is -0.339 e. The van der Waals surface area contributed by atoms with Crippen molar-refractivity contribution in [2.45, 2.75) is 13.0 Å². The zero-order chi connectivity index (χ0) is 11.5. The molecule has 96 valence electrons. The maximum atomic E-state index is 11.6. The summed E-state index contributed by atoms with van der Waals surface area (Å²) in [5.74, 6) is -0.798. The van der Waals surface area contributed by atoms with Gasteiger partial charge >= 0.3 is 0 Å². The molecule has 0 spiro atoms. The molecule has 16 heavy (non-hydrogen) atoms. The predicted octanol–water partition coefficient (Wildman–Crippen LogP) is -1.22. The van der Waals surface area contributed by atoms with Crippen LogP contribution in [-0.4, -0.2) is 57.7 Å². The molecular formula is C8H18ClN3O3S. The minimum absolute atomic E-state index is 0. The van der Waals surface area contributed by atoms with Crippen LogP contribution in [0.5, 0.6) is 0 Å². The molecule has 1 fully saturated rings. The largest absolute Gasteiger partial charge is 0.339 e. The van der Waals surface area contributed by atoms with Crippen molar-refractivity contribution < 1.29 is 13.2 Å². The fourth-order valence-corrected chi connectivity index (χ4v) is 2.14. The summed E-state index contributed by atoms with van der Waals surface area (Å²) in [7, 11) is -2.14. The molecule has 1 rings (SSSR count). The lowest BCUT2D eigenvalue weighted by atomic mass is 10.2. The molecule has 0 unspecified atom stereocenters. The third kappa shape index (κ3) is 4.65. The van der Waals surface area contributed by atoms with Crippen molar-refractivity contribution in [2.24, 2.45) is 0 Å². The number of nitrogens with one attached hydrogen (secondary N) is 2. The molecule has 6 nitrogen and oxygen atoms in total.